The Kier molecular flexibility index (Phi) is 1.55. The monoisotopic (exact) mass is 196 g/mol. The standard InChI is InChI=1S/C8H8N2O2S/c1-5-3-2-4-6-7(5)8(11)10-13(6,9)12/h2-4H,1H3,(H2,9,10,11,12). The second-order valence-corrected chi connectivity index (χ2v) is 4.67. The summed E-state index contributed by atoms with van der Waals surface area (Å²) in [5.74, 6) is -0.472. The highest BCUT2D eigenvalue weighted by Gasteiger charge is 2.27. The summed E-state index contributed by atoms with van der Waals surface area (Å²) in [5, 5.41) is 5.39. The molecule has 1 heterocycles. The van der Waals surface area contributed by atoms with Crippen LogP contribution in [0.2, 0.25) is 0 Å². The van der Waals surface area contributed by atoms with Crippen LogP contribution in [0.4, 0.5) is 0 Å². The Morgan fingerprint density at radius 2 is 2.15 bits per heavy atom. The van der Waals surface area contributed by atoms with Gasteiger partial charge in [-0.25, -0.2) is 9.35 Å². The Labute approximate surface area is 76.1 Å². The summed E-state index contributed by atoms with van der Waals surface area (Å²) in [7, 11) is -2.95. The van der Waals surface area contributed by atoms with Crippen molar-refractivity contribution in [1.29, 1.82) is 0 Å². The first kappa shape index (κ1) is 8.40. The minimum Gasteiger partial charge on any atom is -0.266 e. The molecule has 0 saturated heterocycles. The molecular formula is C8H8N2O2S. The highest BCUT2D eigenvalue weighted by molar-refractivity contribution is 7.92. The van der Waals surface area contributed by atoms with Gasteiger partial charge in [-0.2, -0.15) is 0 Å². The number of fused-ring (bicyclic) bond motifs is 1. The number of benzene rings is 1. The molecule has 0 radical (unpaired) electrons. The number of nitrogens with two attached hydrogens (primary N) is 1. The van der Waals surface area contributed by atoms with Gasteiger partial charge in [-0.3, -0.25) is 4.79 Å². The predicted octanol–water partition coefficient (Wildman–Crippen LogP) is 0.849. The van der Waals surface area contributed by atoms with Crippen LogP contribution in [-0.4, -0.2) is 10.1 Å². The zero-order chi connectivity index (χ0) is 9.64. The molecule has 0 aliphatic carbocycles. The van der Waals surface area contributed by atoms with Crippen LogP contribution in [0.25, 0.3) is 0 Å². The number of hydrogen-bond donors (Lipinski definition) is 1. The molecular weight excluding hydrogens is 188 g/mol. The van der Waals surface area contributed by atoms with Crippen LogP contribution in [0.5, 0.6) is 0 Å². The first-order valence-electron chi connectivity index (χ1n) is 3.71. The third-order valence-corrected chi connectivity index (χ3v) is 3.39. The van der Waals surface area contributed by atoms with Gasteiger partial charge in [0.25, 0.3) is 5.91 Å². The molecule has 1 amide bonds. The summed E-state index contributed by atoms with van der Waals surface area (Å²) in [6.45, 7) is 1.77. The lowest BCUT2D eigenvalue weighted by molar-refractivity contribution is 0.100. The fraction of sp³-hybridized carbons (Fsp3) is 0.125. The molecule has 4 nitrogen and oxygen atoms in total. The van der Waals surface area contributed by atoms with E-state index in [1.807, 2.05) is 0 Å². The van der Waals surface area contributed by atoms with Gasteiger partial charge in [0, 0.05) is 0 Å². The maximum Gasteiger partial charge on any atom is 0.287 e. The quantitative estimate of drug-likeness (QED) is 0.668. The predicted molar refractivity (Wildman–Crippen MR) is 48.5 cm³/mol. The van der Waals surface area contributed by atoms with E-state index in [0.29, 0.717) is 10.5 Å². The zero-order valence-corrected chi connectivity index (χ0v) is 7.80. The van der Waals surface area contributed by atoms with Gasteiger partial charge >= 0.3 is 0 Å². The Balaban J connectivity index is 2.90. The van der Waals surface area contributed by atoms with Crippen molar-refractivity contribution >= 4 is 15.8 Å². The zero-order valence-electron chi connectivity index (χ0n) is 6.98. The summed E-state index contributed by atoms with van der Waals surface area (Å²) in [6.07, 6.45) is 0. The number of amides is 1. The second kappa shape index (κ2) is 2.40. The maximum absolute atomic E-state index is 11.6. The normalized spacial score (nSPS) is 25.5. The molecule has 1 aliphatic rings. The molecule has 2 N–H and O–H groups in total. The van der Waals surface area contributed by atoms with Crippen molar-refractivity contribution in [1.82, 2.24) is 0 Å². The fourth-order valence-electron chi connectivity index (χ4n) is 1.38. The second-order valence-electron chi connectivity index (χ2n) is 2.91. The lowest BCUT2D eigenvalue weighted by Crippen LogP contribution is -2.09. The molecule has 0 aromatic heterocycles. The first-order chi connectivity index (χ1) is 6.02. The Morgan fingerprint density at radius 3 is 2.77 bits per heavy atom. The van der Waals surface area contributed by atoms with E-state index in [9.17, 15) is 9.00 Å². The highest BCUT2D eigenvalue weighted by Crippen LogP contribution is 2.26. The van der Waals surface area contributed by atoms with Crippen LogP contribution in [0.15, 0.2) is 27.5 Å². The minimum absolute atomic E-state index is 0.359. The van der Waals surface area contributed by atoms with Gasteiger partial charge in [-0.1, -0.05) is 12.1 Å². The lowest BCUT2D eigenvalue weighted by Gasteiger charge is -2.00. The van der Waals surface area contributed by atoms with E-state index in [0.717, 1.165) is 5.56 Å². The van der Waals surface area contributed by atoms with Gasteiger partial charge in [-0.15, -0.1) is 4.36 Å². The highest BCUT2D eigenvalue weighted by atomic mass is 32.2. The van der Waals surface area contributed by atoms with Crippen LogP contribution in [0.3, 0.4) is 0 Å². The molecule has 13 heavy (non-hydrogen) atoms. The van der Waals surface area contributed by atoms with Crippen molar-refractivity contribution in [3.63, 3.8) is 0 Å². The molecule has 1 atom stereocenters. The fourth-order valence-corrected chi connectivity index (χ4v) is 2.63. The number of nitrogens with zero attached hydrogens (tertiary/aromatic N) is 1. The first-order valence-corrected chi connectivity index (χ1v) is 5.29. The molecule has 1 unspecified atom stereocenters. The molecule has 1 aliphatic heterocycles. The molecule has 0 spiro atoms. The van der Waals surface area contributed by atoms with Gasteiger partial charge in [0.2, 0.25) is 0 Å². The Hall–Kier alpha value is -1.20. The number of aryl methyl sites for hydroxylation is 1. The topological polar surface area (TPSA) is 72.5 Å². The molecule has 2 rings (SSSR count). The average Bonchev–Trinajstić information content (AvgIpc) is 2.24. The van der Waals surface area contributed by atoms with Gasteiger partial charge < -0.3 is 0 Å². The van der Waals surface area contributed by atoms with Gasteiger partial charge in [0.05, 0.1) is 10.5 Å². The summed E-state index contributed by atoms with van der Waals surface area (Å²) in [5.41, 5.74) is 1.16. The van der Waals surface area contributed by atoms with Crippen molar-refractivity contribution in [2.75, 3.05) is 0 Å². The third kappa shape index (κ3) is 1.08. The van der Waals surface area contributed by atoms with E-state index >= 15 is 0 Å². The molecule has 0 fully saturated rings. The Bertz CT molecular complexity index is 513. The van der Waals surface area contributed by atoms with Crippen molar-refractivity contribution in [2.24, 2.45) is 9.50 Å². The van der Waals surface area contributed by atoms with Crippen molar-refractivity contribution < 1.29 is 9.00 Å². The van der Waals surface area contributed by atoms with Gasteiger partial charge in [0.1, 0.15) is 9.92 Å². The van der Waals surface area contributed by atoms with E-state index in [2.05, 4.69) is 4.36 Å². The van der Waals surface area contributed by atoms with Crippen molar-refractivity contribution in [2.45, 2.75) is 11.8 Å². The van der Waals surface area contributed by atoms with Gasteiger partial charge in [0.15, 0.2) is 0 Å². The maximum atomic E-state index is 11.6. The van der Waals surface area contributed by atoms with E-state index in [-0.39, 0.29) is 0 Å². The van der Waals surface area contributed by atoms with Crippen molar-refractivity contribution in [3.8, 4) is 0 Å². The van der Waals surface area contributed by atoms with E-state index in [1.54, 1.807) is 25.1 Å². The van der Waals surface area contributed by atoms with Crippen LogP contribution >= 0.6 is 0 Å². The minimum atomic E-state index is -2.95. The van der Waals surface area contributed by atoms with Gasteiger partial charge in [-0.05, 0) is 18.6 Å². The summed E-state index contributed by atoms with van der Waals surface area (Å²) < 4.78 is 15.0. The number of rotatable bonds is 0. The van der Waals surface area contributed by atoms with E-state index in [4.69, 9.17) is 5.14 Å². The van der Waals surface area contributed by atoms with E-state index in [1.165, 1.54) is 0 Å². The van der Waals surface area contributed by atoms with E-state index < -0.39 is 15.8 Å². The number of carbonyl (C=O) groups is 1. The number of hydrogen-bond acceptors (Lipinski definition) is 2. The van der Waals surface area contributed by atoms with Crippen LogP contribution in [0, 0.1) is 6.92 Å². The average molecular weight is 196 g/mol. The SMILES string of the molecule is Cc1cccc2c1C(=O)N=S2(N)=O. The molecule has 1 aromatic rings. The molecule has 0 bridgehead atoms. The third-order valence-electron chi connectivity index (χ3n) is 1.98. The molecule has 68 valence electrons. The Morgan fingerprint density at radius 1 is 1.46 bits per heavy atom. The van der Waals surface area contributed by atoms with Crippen LogP contribution in [-0.2, 0) is 9.92 Å². The molecule has 0 saturated carbocycles. The van der Waals surface area contributed by atoms with Crippen LogP contribution < -0.4 is 5.14 Å². The number of carbonyl (C=O) groups excluding carboxylic acids is 1. The summed E-state index contributed by atoms with van der Waals surface area (Å²) >= 11 is 0. The lowest BCUT2D eigenvalue weighted by atomic mass is 10.1. The largest absolute Gasteiger partial charge is 0.287 e. The summed E-state index contributed by atoms with van der Waals surface area (Å²) in [6, 6.07) is 5.07. The van der Waals surface area contributed by atoms with Crippen LogP contribution in [0.1, 0.15) is 15.9 Å². The molecule has 1 aromatic carbocycles. The van der Waals surface area contributed by atoms with Crippen molar-refractivity contribution in [3.05, 3.63) is 29.3 Å². The summed E-state index contributed by atoms with van der Waals surface area (Å²) in [4.78, 5) is 11.6. The smallest absolute Gasteiger partial charge is 0.266 e. The molecule has 5 heteroatoms.